The van der Waals surface area contributed by atoms with Crippen LogP contribution in [-0.2, 0) is 9.53 Å². The largest absolute Gasteiger partial charge is 0.463 e. The fraction of sp³-hybridized carbons (Fsp3) is 0.769. The highest BCUT2D eigenvalue weighted by atomic mass is 16.5. The Labute approximate surface area is 92.7 Å². The number of rotatable bonds is 3. The van der Waals surface area contributed by atoms with Crippen LogP contribution in [0.15, 0.2) is 11.1 Å². The summed E-state index contributed by atoms with van der Waals surface area (Å²) in [6, 6.07) is 0. The molecule has 15 heavy (non-hydrogen) atoms. The number of ether oxygens (including phenoxy) is 1. The Kier molecular flexibility index (Phi) is 4.86. The van der Waals surface area contributed by atoms with Crippen LogP contribution >= 0.6 is 0 Å². The van der Waals surface area contributed by atoms with Gasteiger partial charge < -0.3 is 4.74 Å². The van der Waals surface area contributed by atoms with E-state index >= 15 is 0 Å². The van der Waals surface area contributed by atoms with Crippen LogP contribution in [0.25, 0.3) is 0 Å². The average Bonchev–Trinajstić information content (AvgIpc) is 2.28. The van der Waals surface area contributed by atoms with Crippen molar-refractivity contribution in [2.75, 3.05) is 6.61 Å². The van der Waals surface area contributed by atoms with Crippen LogP contribution in [0.5, 0.6) is 0 Å². The van der Waals surface area contributed by atoms with E-state index in [0.29, 0.717) is 6.61 Å². The third-order valence-electron chi connectivity index (χ3n) is 3.32. The van der Waals surface area contributed by atoms with E-state index in [1.54, 1.807) is 0 Å². The molecule has 1 aliphatic rings. The zero-order valence-corrected chi connectivity index (χ0v) is 10.1. The molecule has 0 aliphatic heterocycles. The molecule has 2 nitrogen and oxygen atoms in total. The lowest BCUT2D eigenvalue weighted by atomic mass is 9.82. The maximum atomic E-state index is 11.6. The molecule has 0 spiro atoms. The van der Waals surface area contributed by atoms with Gasteiger partial charge in [0, 0.05) is 5.57 Å². The molecule has 0 bridgehead atoms. The van der Waals surface area contributed by atoms with Crippen molar-refractivity contribution in [1.29, 1.82) is 0 Å². The molecule has 1 rings (SSSR count). The fourth-order valence-electron chi connectivity index (χ4n) is 2.23. The van der Waals surface area contributed by atoms with Gasteiger partial charge in [-0.3, -0.25) is 0 Å². The molecule has 1 fully saturated rings. The number of hydrogen-bond acceptors (Lipinski definition) is 2. The molecule has 1 unspecified atom stereocenters. The van der Waals surface area contributed by atoms with Gasteiger partial charge in [-0.05, 0) is 45.4 Å². The second kappa shape index (κ2) is 5.94. The highest BCUT2D eigenvalue weighted by Gasteiger charge is 2.19. The maximum absolute atomic E-state index is 11.6. The third-order valence-corrected chi connectivity index (χ3v) is 3.32. The summed E-state index contributed by atoms with van der Waals surface area (Å²) in [6.07, 6.45) is 5.95. The van der Waals surface area contributed by atoms with E-state index in [9.17, 15) is 4.79 Å². The standard InChI is InChI=1S/C13H22O2/c1-4-11-7-6-8-12(9-11)10(3)13(14)15-5-2/h11H,4-9H2,1-3H3. The van der Waals surface area contributed by atoms with Gasteiger partial charge in [0.15, 0.2) is 0 Å². The fourth-order valence-corrected chi connectivity index (χ4v) is 2.23. The van der Waals surface area contributed by atoms with E-state index in [2.05, 4.69) is 6.92 Å². The molecule has 0 amide bonds. The van der Waals surface area contributed by atoms with E-state index in [1.807, 2.05) is 13.8 Å². The molecule has 0 aromatic carbocycles. The summed E-state index contributed by atoms with van der Waals surface area (Å²) in [4.78, 5) is 11.6. The van der Waals surface area contributed by atoms with Gasteiger partial charge >= 0.3 is 5.97 Å². The summed E-state index contributed by atoms with van der Waals surface area (Å²) in [5.41, 5.74) is 2.18. The minimum atomic E-state index is -0.121. The minimum Gasteiger partial charge on any atom is -0.463 e. The lowest BCUT2D eigenvalue weighted by Crippen LogP contribution is -2.13. The molecule has 0 heterocycles. The Morgan fingerprint density at radius 2 is 2.20 bits per heavy atom. The number of hydrogen-bond donors (Lipinski definition) is 0. The number of carbonyl (C=O) groups excluding carboxylic acids is 1. The first-order valence-electron chi connectivity index (χ1n) is 6.04. The minimum absolute atomic E-state index is 0.121. The van der Waals surface area contributed by atoms with Gasteiger partial charge in [-0.25, -0.2) is 4.79 Å². The van der Waals surface area contributed by atoms with Crippen molar-refractivity contribution in [1.82, 2.24) is 0 Å². The lowest BCUT2D eigenvalue weighted by Gasteiger charge is -2.24. The highest BCUT2D eigenvalue weighted by molar-refractivity contribution is 5.88. The SMILES string of the molecule is CCOC(=O)C(C)=C1CCCC(CC)C1. The molecule has 0 radical (unpaired) electrons. The highest BCUT2D eigenvalue weighted by Crippen LogP contribution is 2.32. The molecule has 1 aliphatic carbocycles. The van der Waals surface area contributed by atoms with Crippen molar-refractivity contribution in [3.05, 3.63) is 11.1 Å². The second-order valence-corrected chi connectivity index (χ2v) is 4.32. The Morgan fingerprint density at radius 3 is 2.80 bits per heavy atom. The molecule has 0 aromatic heterocycles. The Morgan fingerprint density at radius 1 is 1.47 bits per heavy atom. The van der Waals surface area contributed by atoms with E-state index in [0.717, 1.165) is 24.3 Å². The van der Waals surface area contributed by atoms with Gasteiger partial charge in [-0.1, -0.05) is 18.9 Å². The van der Waals surface area contributed by atoms with Crippen LogP contribution in [-0.4, -0.2) is 12.6 Å². The predicted octanol–water partition coefficient (Wildman–Crippen LogP) is 3.47. The third kappa shape index (κ3) is 3.37. The van der Waals surface area contributed by atoms with Crippen molar-refractivity contribution >= 4 is 5.97 Å². The van der Waals surface area contributed by atoms with Crippen LogP contribution < -0.4 is 0 Å². The Hall–Kier alpha value is -0.790. The van der Waals surface area contributed by atoms with Crippen LogP contribution in [0.3, 0.4) is 0 Å². The van der Waals surface area contributed by atoms with Crippen LogP contribution in [0.2, 0.25) is 0 Å². The van der Waals surface area contributed by atoms with Crippen LogP contribution in [0, 0.1) is 5.92 Å². The first-order valence-corrected chi connectivity index (χ1v) is 6.04. The van der Waals surface area contributed by atoms with E-state index in [-0.39, 0.29) is 5.97 Å². The molecular formula is C13H22O2. The topological polar surface area (TPSA) is 26.3 Å². The van der Waals surface area contributed by atoms with Gasteiger partial charge in [-0.2, -0.15) is 0 Å². The first-order chi connectivity index (χ1) is 7.19. The van der Waals surface area contributed by atoms with Crippen molar-refractivity contribution in [2.24, 2.45) is 5.92 Å². The quantitative estimate of drug-likeness (QED) is 0.526. The van der Waals surface area contributed by atoms with Gasteiger partial charge in [0.2, 0.25) is 0 Å². The molecular weight excluding hydrogens is 188 g/mol. The summed E-state index contributed by atoms with van der Waals surface area (Å²) in [6.45, 7) is 6.46. The number of esters is 1. The molecule has 0 N–H and O–H groups in total. The van der Waals surface area contributed by atoms with Gasteiger partial charge in [0.1, 0.15) is 0 Å². The lowest BCUT2D eigenvalue weighted by molar-refractivity contribution is -0.138. The first kappa shape index (κ1) is 12.3. The predicted molar refractivity (Wildman–Crippen MR) is 61.6 cm³/mol. The van der Waals surface area contributed by atoms with Gasteiger partial charge in [0.05, 0.1) is 6.61 Å². The molecule has 1 saturated carbocycles. The van der Waals surface area contributed by atoms with Crippen molar-refractivity contribution in [3.63, 3.8) is 0 Å². The van der Waals surface area contributed by atoms with Gasteiger partial charge in [0.25, 0.3) is 0 Å². The van der Waals surface area contributed by atoms with E-state index in [1.165, 1.54) is 24.8 Å². The normalized spacial score (nSPS) is 24.9. The zero-order chi connectivity index (χ0) is 11.3. The molecule has 0 aromatic rings. The molecule has 1 atom stereocenters. The number of carbonyl (C=O) groups is 1. The van der Waals surface area contributed by atoms with E-state index in [4.69, 9.17) is 4.74 Å². The second-order valence-electron chi connectivity index (χ2n) is 4.32. The van der Waals surface area contributed by atoms with E-state index < -0.39 is 0 Å². The van der Waals surface area contributed by atoms with Crippen LogP contribution in [0.4, 0.5) is 0 Å². The monoisotopic (exact) mass is 210 g/mol. The maximum Gasteiger partial charge on any atom is 0.333 e. The average molecular weight is 210 g/mol. The summed E-state index contributed by atoms with van der Waals surface area (Å²) in [5.74, 6) is 0.655. The molecule has 2 heteroatoms. The summed E-state index contributed by atoms with van der Waals surface area (Å²) in [5, 5.41) is 0. The summed E-state index contributed by atoms with van der Waals surface area (Å²) < 4.78 is 5.03. The van der Waals surface area contributed by atoms with Crippen molar-refractivity contribution in [2.45, 2.75) is 52.9 Å². The Balaban J connectivity index is 2.66. The van der Waals surface area contributed by atoms with Gasteiger partial charge in [-0.15, -0.1) is 0 Å². The summed E-state index contributed by atoms with van der Waals surface area (Å²) >= 11 is 0. The summed E-state index contributed by atoms with van der Waals surface area (Å²) in [7, 11) is 0. The smallest absolute Gasteiger partial charge is 0.333 e. The molecule has 86 valence electrons. The van der Waals surface area contributed by atoms with Crippen molar-refractivity contribution in [3.8, 4) is 0 Å². The Bertz CT molecular complexity index is 253. The van der Waals surface area contributed by atoms with Crippen LogP contribution in [0.1, 0.15) is 52.9 Å². The molecule has 0 saturated heterocycles. The van der Waals surface area contributed by atoms with Crippen molar-refractivity contribution < 1.29 is 9.53 Å². The zero-order valence-electron chi connectivity index (χ0n) is 10.1. The number of allylic oxidation sites excluding steroid dienone is 1.